The van der Waals surface area contributed by atoms with Gasteiger partial charge in [-0.25, -0.2) is 8.42 Å². The fourth-order valence-corrected chi connectivity index (χ4v) is 6.24. The summed E-state index contributed by atoms with van der Waals surface area (Å²) in [5.41, 5.74) is 5.14. The van der Waals surface area contributed by atoms with Gasteiger partial charge in [-0.05, 0) is 55.0 Å². The number of piperidine rings is 1. The van der Waals surface area contributed by atoms with E-state index >= 15 is 0 Å². The average Bonchev–Trinajstić information content (AvgIpc) is 3.34. The van der Waals surface area contributed by atoms with E-state index in [4.69, 9.17) is 10.5 Å². The largest absolute Gasteiger partial charge is 0.497 e. The van der Waals surface area contributed by atoms with Crippen molar-refractivity contribution in [1.29, 1.82) is 0 Å². The van der Waals surface area contributed by atoms with Gasteiger partial charge in [0.15, 0.2) is 0 Å². The molecule has 10 nitrogen and oxygen atoms in total. The van der Waals surface area contributed by atoms with Gasteiger partial charge in [0.1, 0.15) is 11.8 Å². The van der Waals surface area contributed by atoms with Crippen LogP contribution in [0.3, 0.4) is 0 Å². The molecule has 3 amide bonds. The quantitative estimate of drug-likeness (QED) is 0.375. The first-order chi connectivity index (χ1) is 16.7. The van der Waals surface area contributed by atoms with E-state index in [0.29, 0.717) is 18.6 Å². The molecule has 1 aromatic heterocycles. The van der Waals surface area contributed by atoms with E-state index in [2.05, 4.69) is 10.6 Å². The van der Waals surface area contributed by atoms with Crippen LogP contribution in [0.1, 0.15) is 30.6 Å². The Kier molecular flexibility index (Phi) is 9.24. The van der Waals surface area contributed by atoms with Gasteiger partial charge in [0.2, 0.25) is 27.7 Å². The van der Waals surface area contributed by atoms with Gasteiger partial charge in [0.25, 0.3) is 0 Å². The molecule has 2 aromatic rings. The van der Waals surface area contributed by atoms with Crippen molar-refractivity contribution in [2.75, 3.05) is 20.2 Å². The molecule has 2 unspecified atom stereocenters. The summed E-state index contributed by atoms with van der Waals surface area (Å²) in [6.45, 7) is 0.252. The van der Waals surface area contributed by atoms with E-state index in [9.17, 15) is 22.8 Å². The molecule has 3 rings (SSSR count). The van der Waals surface area contributed by atoms with Gasteiger partial charge in [-0.15, -0.1) is 11.3 Å². The minimum absolute atomic E-state index is 0.0463. The van der Waals surface area contributed by atoms with Gasteiger partial charge < -0.3 is 21.1 Å². The summed E-state index contributed by atoms with van der Waals surface area (Å²) in [4.78, 5) is 37.5. The molecule has 0 radical (unpaired) electrons. The molecular formula is C23H30N4O6S2. The Balaban J connectivity index is 1.74. The number of nitrogens with one attached hydrogen (secondary N) is 2. The van der Waals surface area contributed by atoms with E-state index in [-0.39, 0.29) is 49.2 Å². The zero-order valence-corrected chi connectivity index (χ0v) is 21.1. The van der Waals surface area contributed by atoms with Gasteiger partial charge in [-0.2, -0.15) is 4.31 Å². The summed E-state index contributed by atoms with van der Waals surface area (Å²) >= 11 is 1.48. The van der Waals surface area contributed by atoms with Crippen molar-refractivity contribution in [3.05, 3.63) is 46.7 Å². The number of methoxy groups -OCH3 is 1. The number of nitrogens with two attached hydrogens (primary N) is 1. The predicted molar refractivity (Wildman–Crippen MR) is 131 cm³/mol. The fraction of sp³-hybridized carbons (Fsp3) is 0.435. The lowest BCUT2D eigenvalue weighted by Crippen LogP contribution is -2.57. The van der Waals surface area contributed by atoms with Crippen LogP contribution in [0.15, 0.2) is 46.7 Å². The lowest BCUT2D eigenvalue weighted by Gasteiger charge is -2.37. The summed E-state index contributed by atoms with van der Waals surface area (Å²) in [5.74, 6) is -0.623. The maximum absolute atomic E-state index is 13.4. The molecule has 0 saturated carbocycles. The summed E-state index contributed by atoms with van der Waals surface area (Å²) in [6, 6.07) is 8.33. The van der Waals surface area contributed by atoms with Crippen molar-refractivity contribution in [3.63, 3.8) is 0 Å². The lowest BCUT2D eigenvalue weighted by atomic mass is 9.98. The third-order valence-corrected chi connectivity index (χ3v) is 8.50. The first kappa shape index (κ1) is 26.6. The van der Waals surface area contributed by atoms with Gasteiger partial charge in [0.05, 0.1) is 18.4 Å². The predicted octanol–water partition coefficient (Wildman–Crippen LogP) is 1.02. The number of primary amides is 1. The monoisotopic (exact) mass is 522 g/mol. The van der Waals surface area contributed by atoms with Crippen molar-refractivity contribution in [1.82, 2.24) is 14.9 Å². The molecule has 1 aliphatic rings. The average molecular weight is 523 g/mol. The Bertz CT molecular complexity index is 1120. The minimum atomic E-state index is -3.99. The molecule has 1 saturated heterocycles. The fourth-order valence-electron chi connectivity index (χ4n) is 3.93. The highest BCUT2D eigenvalue weighted by Crippen LogP contribution is 2.27. The highest BCUT2D eigenvalue weighted by Gasteiger charge is 2.41. The second kappa shape index (κ2) is 12.1. The Labute approximate surface area is 208 Å². The van der Waals surface area contributed by atoms with Crippen LogP contribution in [0.5, 0.6) is 5.75 Å². The molecule has 12 heteroatoms. The standard InChI is InChI=1S/C23H30N4O6S2/c1-33-17-6-8-19(9-7-17)35(31,32)27-12-10-16(26-22(29)15-18-4-3-13-34-18)14-20(27)23(30)25-11-2-5-21(24)28/h3-4,6-9,13,16,20H,2,5,10-12,14-15H2,1H3,(H2,24,28)(H,25,30)(H,26,29). The molecule has 35 heavy (non-hydrogen) atoms. The second-order valence-corrected chi connectivity index (χ2v) is 11.1. The van der Waals surface area contributed by atoms with Gasteiger partial charge in [-0.1, -0.05) is 6.07 Å². The van der Waals surface area contributed by atoms with Crippen LogP contribution < -0.4 is 21.1 Å². The molecule has 1 aromatic carbocycles. The normalized spacial score (nSPS) is 18.5. The molecule has 1 aliphatic heterocycles. The third-order valence-electron chi connectivity index (χ3n) is 5.70. The number of nitrogens with zero attached hydrogens (tertiary/aromatic N) is 1. The lowest BCUT2D eigenvalue weighted by molar-refractivity contribution is -0.127. The Morgan fingerprint density at radius 2 is 1.94 bits per heavy atom. The van der Waals surface area contributed by atoms with Crippen LogP contribution in [0.25, 0.3) is 0 Å². The highest BCUT2D eigenvalue weighted by molar-refractivity contribution is 7.89. The highest BCUT2D eigenvalue weighted by atomic mass is 32.2. The Morgan fingerprint density at radius 3 is 2.57 bits per heavy atom. The third kappa shape index (κ3) is 7.26. The van der Waals surface area contributed by atoms with E-state index < -0.39 is 27.9 Å². The Morgan fingerprint density at radius 1 is 1.20 bits per heavy atom. The topological polar surface area (TPSA) is 148 Å². The molecule has 4 N–H and O–H groups in total. The van der Waals surface area contributed by atoms with Crippen molar-refractivity contribution < 1.29 is 27.5 Å². The van der Waals surface area contributed by atoms with Crippen LogP contribution in [0.2, 0.25) is 0 Å². The number of hydrogen-bond acceptors (Lipinski definition) is 7. The number of benzene rings is 1. The van der Waals surface area contributed by atoms with Crippen molar-refractivity contribution in [2.24, 2.45) is 5.73 Å². The number of sulfonamides is 1. The van der Waals surface area contributed by atoms with E-state index in [1.54, 1.807) is 12.1 Å². The van der Waals surface area contributed by atoms with Crippen LogP contribution in [-0.2, 0) is 30.8 Å². The van der Waals surface area contributed by atoms with Crippen LogP contribution in [0, 0.1) is 0 Å². The number of ether oxygens (including phenoxy) is 1. The molecule has 1 fully saturated rings. The summed E-state index contributed by atoms with van der Waals surface area (Å²) in [6.07, 6.45) is 1.19. The van der Waals surface area contributed by atoms with Crippen LogP contribution in [-0.4, -0.2) is 62.7 Å². The number of amides is 3. The molecule has 2 atom stereocenters. The van der Waals surface area contributed by atoms with E-state index in [1.165, 1.54) is 34.9 Å². The number of thiophene rings is 1. The van der Waals surface area contributed by atoms with E-state index in [1.807, 2.05) is 17.5 Å². The molecule has 190 valence electrons. The Hall–Kier alpha value is -2.96. The van der Waals surface area contributed by atoms with Crippen molar-refractivity contribution in [2.45, 2.75) is 49.1 Å². The summed E-state index contributed by atoms with van der Waals surface area (Å²) in [5, 5.41) is 7.54. The molecule has 0 aliphatic carbocycles. The zero-order valence-electron chi connectivity index (χ0n) is 19.4. The maximum Gasteiger partial charge on any atom is 0.243 e. The SMILES string of the molecule is COc1ccc(S(=O)(=O)N2CCC(NC(=O)Cc3cccs3)CC2C(=O)NCCCC(N)=O)cc1. The molecule has 2 heterocycles. The van der Waals surface area contributed by atoms with Gasteiger partial charge in [0, 0.05) is 30.4 Å². The first-order valence-electron chi connectivity index (χ1n) is 11.2. The molecular weight excluding hydrogens is 492 g/mol. The van der Waals surface area contributed by atoms with E-state index in [0.717, 1.165) is 4.88 Å². The van der Waals surface area contributed by atoms with Crippen LogP contribution in [0.4, 0.5) is 0 Å². The van der Waals surface area contributed by atoms with Crippen LogP contribution >= 0.6 is 11.3 Å². The first-order valence-corrected chi connectivity index (χ1v) is 13.6. The number of carbonyl (C=O) groups excluding carboxylic acids is 3. The van der Waals surface area contributed by atoms with Crippen molar-refractivity contribution in [3.8, 4) is 5.75 Å². The van der Waals surface area contributed by atoms with Crippen molar-refractivity contribution >= 4 is 39.1 Å². The second-order valence-electron chi connectivity index (χ2n) is 8.21. The summed E-state index contributed by atoms with van der Waals surface area (Å²) in [7, 11) is -2.50. The molecule has 0 bridgehead atoms. The van der Waals surface area contributed by atoms with Gasteiger partial charge in [-0.3, -0.25) is 14.4 Å². The number of carbonyl (C=O) groups is 3. The molecule has 0 spiro atoms. The smallest absolute Gasteiger partial charge is 0.243 e. The minimum Gasteiger partial charge on any atom is -0.497 e. The zero-order chi connectivity index (χ0) is 25.4. The van der Waals surface area contributed by atoms with Gasteiger partial charge >= 0.3 is 0 Å². The number of hydrogen-bond donors (Lipinski definition) is 3. The summed E-state index contributed by atoms with van der Waals surface area (Å²) < 4.78 is 33.1. The maximum atomic E-state index is 13.4. The number of rotatable bonds is 11.